The topological polar surface area (TPSA) is 87.1 Å². The molecule has 2 amide bonds. The summed E-state index contributed by atoms with van der Waals surface area (Å²) in [5.41, 5.74) is 1.56. The van der Waals surface area contributed by atoms with Crippen LogP contribution in [0.3, 0.4) is 0 Å². The van der Waals surface area contributed by atoms with E-state index in [9.17, 15) is 19.8 Å². The van der Waals surface area contributed by atoms with Crippen LogP contribution in [0.1, 0.15) is 5.56 Å². The Bertz CT molecular complexity index is 595. The third-order valence-corrected chi connectivity index (χ3v) is 4.74. The third-order valence-electron chi connectivity index (χ3n) is 4.74. The number of imide groups is 1. The first-order valence-corrected chi connectivity index (χ1v) is 6.97. The van der Waals surface area contributed by atoms with Gasteiger partial charge in [-0.1, -0.05) is 17.7 Å². The van der Waals surface area contributed by atoms with E-state index in [-0.39, 0.29) is 11.8 Å². The van der Waals surface area contributed by atoms with Crippen LogP contribution in [0.4, 0.5) is 5.69 Å². The van der Waals surface area contributed by atoms with Gasteiger partial charge in [0.05, 0.1) is 29.7 Å². The molecule has 0 aromatic heterocycles. The molecule has 110 valence electrons. The molecule has 0 spiro atoms. The number of ether oxygens (including phenoxy) is 1. The van der Waals surface area contributed by atoms with Crippen LogP contribution in [-0.4, -0.2) is 46.4 Å². The average Bonchev–Trinajstić information content (AvgIpc) is 3.06. The van der Waals surface area contributed by atoms with Crippen LogP contribution in [0.5, 0.6) is 0 Å². The minimum atomic E-state index is -1.11. The van der Waals surface area contributed by atoms with Gasteiger partial charge in [-0.2, -0.15) is 0 Å². The predicted octanol–water partition coefficient (Wildman–Crippen LogP) is -0.397. The summed E-state index contributed by atoms with van der Waals surface area (Å²) in [4.78, 5) is 26.3. The Morgan fingerprint density at radius 3 is 1.90 bits per heavy atom. The fourth-order valence-corrected chi connectivity index (χ4v) is 3.68. The Morgan fingerprint density at radius 2 is 1.43 bits per heavy atom. The molecule has 6 nitrogen and oxygen atoms in total. The SMILES string of the molecule is Cc1ccc(N2C(=O)C3C4OC(C(O)C4O)C3C2=O)cc1. The highest BCUT2D eigenvalue weighted by molar-refractivity contribution is 6.22. The lowest BCUT2D eigenvalue weighted by Crippen LogP contribution is -2.47. The molecule has 4 rings (SSSR count). The zero-order valence-corrected chi connectivity index (χ0v) is 11.3. The predicted molar refractivity (Wildman–Crippen MR) is 71.3 cm³/mol. The Balaban J connectivity index is 1.73. The Hall–Kier alpha value is -1.76. The minimum Gasteiger partial charge on any atom is -0.388 e. The van der Waals surface area contributed by atoms with Crippen molar-refractivity contribution in [1.82, 2.24) is 0 Å². The quantitative estimate of drug-likeness (QED) is 0.687. The van der Waals surface area contributed by atoms with E-state index in [4.69, 9.17) is 4.74 Å². The molecule has 3 aliphatic rings. The molecule has 1 aromatic carbocycles. The summed E-state index contributed by atoms with van der Waals surface area (Å²) >= 11 is 0. The van der Waals surface area contributed by atoms with Gasteiger partial charge in [-0.05, 0) is 19.1 Å². The van der Waals surface area contributed by atoms with Crippen molar-refractivity contribution in [3.63, 3.8) is 0 Å². The summed E-state index contributed by atoms with van der Waals surface area (Å²) in [5.74, 6) is -2.09. The van der Waals surface area contributed by atoms with Crippen LogP contribution in [-0.2, 0) is 14.3 Å². The lowest BCUT2D eigenvalue weighted by molar-refractivity contribution is -0.125. The smallest absolute Gasteiger partial charge is 0.240 e. The summed E-state index contributed by atoms with van der Waals surface area (Å²) < 4.78 is 5.44. The summed E-state index contributed by atoms with van der Waals surface area (Å²) in [7, 11) is 0. The number of amides is 2. The molecule has 21 heavy (non-hydrogen) atoms. The summed E-state index contributed by atoms with van der Waals surface area (Å²) in [6.07, 6.45) is -3.79. The molecule has 0 radical (unpaired) electrons. The Kier molecular flexibility index (Phi) is 2.54. The molecule has 0 saturated carbocycles. The highest BCUT2D eigenvalue weighted by Crippen LogP contribution is 2.49. The molecule has 3 fully saturated rings. The molecule has 2 N–H and O–H groups in total. The maximum atomic E-state index is 12.6. The van der Waals surface area contributed by atoms with Crippen LogP contribution >= 0.6 is 0 Å². The van der Waals surface area contributed by atoms with Gasteiger partial charge in [-0.25, -0.2) is 4.90 Å². The number of aliphatic hydroxyl groups is 2. The molecule has 3 aliphatic heterocycles. The first kappa shape index (κ1) is 12.9. The minimum absolute atomic E-state index is 0.354. The van der Waals surface area contributed by atoms with Gasteiger partial charge in [0.2, 0.25) is 11.8 Å². The molecular formula is C15H15NO5. The fraction of sp³-hybridized carbons (Fsp3) is 0.467. The van der Waals surface area contributed by atoms with Gasteiger partial charge in [0.15, 0.2) is 0 Å². The van der Waals surface area contributed by atoms with Gasteiger partial charge in [0.1, 0.15) is 12.2 Å². The number of carbonyl (C=O) groups is 2. The number of anilines is 1. The van der Waals surface area contributed by atoms with E-state index in [1.807, 2.05) is 19.1 Å². The number of rotatable bonds is 1. The maximum Gasteiger partial charge on any atom is 0.240 e. The van der Waals surface area contributed by atoms with Crippen molar-refractivity contribution < 1.29 is 24.5 Å². The second kappa shape index (κ2) is 4.13. The maximum absolute atomic E-state index is 12.6. The highest BCUT2D eigenvalue weighted by atomic mass is 16.6. The van der Waals surface area contributed by atoms with Crippen molar-refractivity contribution >= 4 is 17.5 Å². The van der Waals surface area contributed by atoms with Crippen molar-refractivity contribution in [3.8, 4) is 0 Å². The standard InChI is InChI=1S/C15H15NO5/c1-6-2-4-7(5-3-6)16-14(19)8-9(15(16)20)13-11(18)10(17)12(8)21-13/h2-5,8-13,17-18H,1H3. The number of fused-ring (bicyclic) bond motifs is 5. The number of benzene rings is 1. The van der Waals surface area contributed by atoms with Crippen LogP contribution < -0.4 is 4.90 Å². The molecule has 6 atom stereocenters. The first-order valence-electron chi connectivity index (χ1n) is 6.97. The summed E-state index contributed by atoms with van der Waals surface area (Å²) in [6, 6.07) is 7.11. The summed E-state index contributed by atoms with van der Waals surface area (Å²) in [5, 5.41) is 19.8. The molecule has 6 unspecified atom stereocenters. The number of nitrogens with zero attached hydrogens (tertiary/aromatic N) is 1. The summed E-state index contributed by atoms with van der Waals surface area (Å²) in [6.45, 7) is 1.92. The monoisotopic (exact) mass is 289 g/mol. The first-order chi connectivity index (χ1) is 10.0. The van der Waals surface area contributed by atoms with Gasteiger partial charge in [0.25, 0.3) is 0 Å². The number of hydrogen-bond donors (Lipinski definition) is 2. The Labute approximate surface area is 120 Å². The molecule has 3 saturated heterocycles. The average molecular weight is 289 g/mol. The number of hydrogen-bond acceptors (Lipinski definition) is 5. The van der Waals surface area contributed by atoms with E-state index in [0.29, 0.717) is 5.69 Å². The number of carbonyl (C=O) groups excluding carboxylic acids is 2. The van der Waals surface area contributed by atoms with Crippen molar-refractivity contribution in [1.29, 1.82) is 0 Å². The third kappa shape index (κ3) is 1.52. The van der Waals surface area contributed by atoms with Crippen molar-refractivity contribution in [3.05, 3.63) is 29.8 Å². The van der Waals surface area contributed by atoms with E-state index in [2.05, 4.69) is 0 Å². The largest absolute Gasteiger partial charge is 0.388 e. The van der Waals surface area contributed by atoms with E-state index >= 15 is 0 Å². The van der Waals surface area contributed by atoms with Crippen molar-refractivity contribution in [2.24, 2.45) is 11.8 Å². The van der Waals surface area contributed by atoms with Crippen molar-refractivity contribution in [2.45, 2.75) is 31.3 Å². The second-order valence-electron chi connectivity index (χ2n) is 5.95. The molecule has 2 bridgehead atoms. The molecule has 3 heterocycles. The van der Waals surface area contributed by atoms with Gasteiger partial charge in [0, 0.05) is 0 Å². The van der Waals surface area contributed by atoms with Gasteiger partial charge in [-0.3, -0.25) is 9.59 Å². The highest BCUT2D eigenvalue weighted by Gasteiger charge is 2.68. The number of aliphatic hydroxyl groups excluding tert-OH is 2. The fourth-order valence-electron chi connectivity index (χ4n) is 3.68. The van der Waals surface area contributed by atoms with Gasteiger partial charge >= 0.3 is 0 Å². The second-order valence-corrected chi connectivity index (χ2v) is 5.95. The van der Waals surface area contributed by atoms with E-state index in [0.717, 1.165) is 10.5 Å². The van der Waals surface area contributed by atoms with Crippen LogP contribution in [0.2, 0.25) is 0 Å². The Morgan fingerprint density at radius 1 is 0.952 bits per heavy atom. The normalized spacial score (nSPS) is 41.0. The molecular weight excluding hydrogens is 274 g/mol. The van der Waals surface area contributed by atoms with Gasteiger partial charge in [-0.15, -0.1) is 0 Å². The zero-order valence-electron chi connectivity index (χ0n) is 11.3. The molecule has 1 aromatic rings. The zero-order chi connectivity index (χ0) is 14.9. The lowest BCUT2D eigenvalue weighted by Gasteiger charge is -2.25. The van der Waals surface area contributed by atoms with Crippen LogP contribution in [0, 0.1) is 18.8 Å². The van der Waals surface area contributed by atoms with Crippen LogP contribution in [0.25, 0.3) is 0 Å². The van der Waals surface area contributed by atoms with Gasteiger partial charge < -0.3 is 14.9 Å². The van der Waals surface area contributed by atoms with Crippen molar-refractivity contribution in [2.75, 3.05) is 4.90 Å². The number of aryl methyl sites for hydroxylation is 1. The lowest BCUT2D eigenvalue weighted by atomic mass is 9.78. The van der Waals surface area contributed by atoms with E-state index < -0.39 is 36.3 Å². The van der Waals surface area contributed by atoms with E-state index in [1.54, 1.807) is 12.1 Å². The van der Waals surface area contributed by atoms with E-state index in [1.165, 1.54) is 0 Å². The molecule has 0 aliphatic carbocycles. The van der Waals surface area contributed by atoms with Crippen LogP contribution in [0.15, 0.2) is 24.3 Å². The molecule has 6 heteroatoms.